The molecule has 2 aromatic carbocycles. The average Bonchev–Trinajstić information content (AvgIpc) is 2.53. The molecule has 128 valence electrons. The Kier molecular flexibility index (Phi) is 5.33. The number of benzene rings is 2. The lowest BCUT2D eigenvalue weighted by Gasteiger charge is -2.14. The molecule has 0 aromatic heterocycles. The standard InChI is InChI=1S/C17H15F3O4/c1-23-16(22)8-5-11-3-2-4-13(9-11)24-15-7-6-12(21)10-14(15)17(18,19)20/h2-4,6-7,9-10,21H,5,8H2,1H3. The minimum absolute atomic E-state index is 0.160. The van der Waals surface area contributed by atoms with Gasteiger partial charge in [0.25, 0.3) is 0 Å². The SMILES string of the molecule is COC(=O)CCc1cccc(Oc2ccc(O)cc2C(F)(F)F)c1. The van der Waals surface area contributed by atoms with Crippen LogP contribution < -0.4 is 4.74 Å². The van der Waals surface area contributed by atoms with Gasteiger partial charge >= 0.3 is 12.1 Å². The first-order valence-electron chi connectivity index (χ1n) is 7.03. The van der Waals surface area contributed by atoms with Crippen molar-refractivity contribution in [3.63, 3.8) is 0 Å². The number of hydrogen-bond acceptors (Lipinski definition) is 4. The second kappa shape index (κ2) is 7.25. The first kappa shape index (κ1) is 17.7. The number of methoxy groups -OCH3 is 1. The van der Waals surface area contributed by atoms with Crippen LogP contribution in [0.25, 0.3) is 0 Å². The molecular weight excluding hydrogens is 325 g/mol. The average molecular weight is 340 g/mol. The first-order valence-corrected chi connectivity index (χ1v) is 7.03. The zero-order valence-electron chi connectivity index (χ0n) is 12.8. The number of hydrogen-bond donors (Lipinski definition) is 1. The number of alkyl halides is 3. The van der Waals surface area contributed by atoms with Gasteiger partial charge in [0.05, 0.1) is 7.11 Å². The summed E-state index contributed by atoms with van der Waals surface area (Å²) in [7, 11) is 1.28. The number of phenolic OH excluding ortho intramolecular Hbond substituents is 1. The summed E-state index contributed by atoms with van der Waals surface area (Å²) in [4.78, 5) is 11.1. The van der Waals surface area contributed by atoms with Gasteiger partial charge in [0.15, 0.2) is 0 Å². The maximum atomic E-state index is 13.0. The number of aromatic hydroxyl groups is 1. The zero-order valence-corrected chi connectivity index (χ0v) is 12.8. The Morgan fingerprint density at radius 1 is 1.17 bits per heavy atom. The Hall–Kier alpha value is -2.70. The molecular formula is C17H15F3O4. The Morgan fingerprint density at radius 2 is 1.92 bits per heavy atom. The van der Waals surface area contributed by atoms with Crippen molar-refractivity contribution in [2.75, 3.05) is 7.11 Å². The molecule has 24 heavy (non-hydrogen) atoms. The van der Waals surface area contributed by atoms with Crippen molar-refractivity contribution in [3.05, 3.63) is 53.6 Å². The highest BCUT2D eigenvalue weighted by Crippen LogP contribution is 2.40. The van der Waals surface area contributed by atoms with E-state index in [9.17, 15) is 23.1 Å². The van der Waals surface area contributed by atoms with Crippen LogP contribution in [0, 0.1) is 0 Å². The van der Waals surface area contributed by atoms with Gasteiger partial charge in [-0.25, -0.2) is 0 Å². The number of carbonyl (C=O) groups is 1. The fourth-order valence-electron chi connectivity index (χ4n) is 2.07. The predicted octanol–water partition coefficient (Wildman–Crippen LogP) is 4.31. The van der Waals surface area contributed by atoms with Crippen molar-refractivity contribution in [2.24, 2.45) is 0 Å². The van der Waals surface area contributed by atoms with Crippen LogP contribution in [0.2, 0.25) is 0 Å². The molecule has 0 fully saturated rings. The van der Waals surface area contributed by atoms with Crippen molar-refractivity contribution in [3.8, 4) is 17.2 Å². The van der Waals surface area contributed by atoms with Gasteiger partial charge in [0.1, 0.15) is 22.8 Å². The molecule has 7 heteroatoms. The lowest BCUT2D eigenvalue weighted by atomic mass is 10.1. The van der Waals surface area contributed by atoms with E-state index in [-0.39, 0.29) is 18.1 Å². The maximum Gasteiger partial charge on any atom is 0.420 e. The summed E-state index contributed by atoms with van der Waals surface area (Å²) in [6.07, 6.45) is -4.12. The summed E-state index contributed by atoms with van der Waals surface area (Å²) in [5, 5.41) is 9.26. The summed E-state index contributed by atoms with van der Waals surface area (Å²) >= 11 is 0. The van der Waals surface area contributed by atoms with Crippen LogP contribution in [0.1, 0.15) is 17.5 Å². The highest BCUT2D eigenvalue weighted by Gasteiger charge is 2.35. The van der Waals surface area contributed by atoms with E-state index in [0.29, 0.717) is 12.5 Å². The molecule has 2 aromatic rings. The van der Waals surface area contributed by atoms with Crippen LogP contribution in [0.4, 0.5) is 13.2 Å². The molecule has 0 amide bonds. The van der Waals surface area contributed by atoms with Crippen LogP contribution >= 0.6 is 0 Å². The van der Waals surface area contributed by atoms with E-state index in [1.807, 2.05) is 0 Å². The van der Waals surface area contributed by atoms with Crippen molar-refractivity contribution < 1.29 is 32.5 Å². The quantitative estimate of drug-likeness (QED) is 0.824. The highest BCUT2D eigenvalue weighted by atomic mass is 19.4. The van der Waals surface area contributed by atoms with Crippen molar-refractivity contribution >= 4 is 5.97 Å². The maximum absolute atomic E-state index is 13.0. The third-order valence-electron chi connectivity index (χ3n) is 3.24. The highest BCUT2D eigenvalue weighted by molar-refractivity contribution is 5.69. The number of ether oxygens (including phenoxy) is 2. The number of esters is 1. The third-order valence-corrected chi connectivity index (χ3v) is 3.24. The minimum Gasteiger partial charge on any atom is -0.508 e. The van der Waals surface area contributed by atoms with Gasteiger partial charge in [-0.1, -0.05) is 12.1 Å². The van der Waals surface area contributed by atoms with Gasteiger partial charge in [0, 0.05) is 6.42 Å². The van der Waals surface area contributed by atoms with Crippen LogP contribution in [-0.4, -0.2) is 18.2 Å². The number of aryl methyl sites for hydroxylation is 1. The van der Waals surface area contributed by atoms with E-state index >= 15 is 0 Å². The fraction of sp³-hybridized carbons (Fsp3) is 0.235. The Labute approximate surface area is 136 Å². The molecule has 0 aliphatic rings. The number of halogens is 3. The summed E-state index contributed by atoms with van der Waals surface area (Å²) in [5.41, 5.74) is -0.340. The largest absolute Gasteiger partial charge is 0.508 e. The normalized spacial score (nSPS) is 11.2. The van der Waals surface area contributed by atoms with Gasteiger partial charge in [-0.2, -0.15) is 13.2 Å². The van der Waals surface area contributed by atoms with Crippen LogP contribution in [0.3, 0.4) is 0 Å². The van der Waals surface area contributed by atoms with E-state index in [4.69, 9.17) is 4.74 Å². The summed E-state index contributed by atoms with van der Waals surface area (Å²) in [6.45, 7) is 0. The molecule has 0 heterocycles. The second-order valence-corrected chi connectivity index (χ2v) is 5.00. The number of rotatable bonds is 5. The topological polar surface area (TPSA) is 55.8 Å². The van der Waals surface area contributed by atoms with E-state index in [1.165, 1.54) is 13.2 Å². The second-order valence-electron chi connectivity index (χ2n) is 5.00. The molecule has 0 unspecified atom stereocenters. The summed E-state index contributed by atoms with van der Waals surface area (Å²) < 4.78 is 48.9. The molecule has 0 saturated carbocycles. The number of phenols is 1. The van der Waals surface area contributed by atoms with Gasteiger partial charge in [-0.15, -0.1) is 0 Å². The van der Waals surface area contributed by atoms with Gasteiger partial charge < -0.3 is 14.6 Å². The van der Waals surface area contributed by atoms with Crippen molar-refractivity contribution in [2.45, 2.75) is 19.0 Å². The molecule has 4 nitrogen and oxygen atoms in total. The van der Waals surface area contributed by atoms with Gasteiger partial charge in [-0.3, -0.25) is 4.79 Å². The minimum atomic E-state index is -4.66. The lowest BCUT2D eigenvalue weighted by Crippen LogP contribution is -2.07. The van der Waals surface area contributed by atoms with Crippen LogP contribution in [0.5, 0.6) is 17.2 Å². The van der Waals surface area contributed by atoms with E-state index in [0.717, 1.165) is 17.7 Å². The van der Waals surface area contributed by atoms with Gasteiger partial charge in [0.2, 0.25) is 0 Å². The smallest absolute Gasteiger partial charge is 0.420 e. The Bertz CT molecular complexity index is 726. The lowest BCUT2D eigenvalue weighted by molar-refractivity contribution is -0.140. The van der Waals surface area contributed by atoms with E-state index < -0.39 is 23.2 Å². The molecule has 2 rings (SSSR count). The van der Waals surface area contributed by atoms with Crippen LogP contribution in [0.15, 0.2) is 42.5 Å². The molecule has 0 saturated heterocycles. The van der Waals surface area contributed by atoms with E-state index in [1.54, 1.807) is 18.2 Å². The van der Waals surface area contributed by atoms with Crippen LogP contribution in [-0.2, 0) is 22.1 Å². The molecule has 0 aliphatic heterocycles. The van der Waals surface area contributed by atoms with Gasteiger partial charge in [-0.05, 0) is 42.3 Å². The third kappa shape index (κ3) is 4.65. The monoisotopic (exact) mass is 340 g/mol. The molecule has 0 aliphatic carbocycles. The molecule has 0 bridgehead atoms. The summed E-state index contributed by atoms with van der Waals surface area (Å²) in [5.74, 6) is -1.08. The Balaban J connectivity index is 2.21. The predicted molar refractivity (Wildman–Crippen MR) is 80.0 cm³/mol. The zero-order chi connectivity index (χ0) is 17.7. The fourth-order valence-corrected chi connectivity index (χ4v) is 2.07. The van der Waals surface area contributed by atoms with Crippen molar-refractivity contribution in [1.29, 1.82) is 0 Å². The first-order chi connectivity index (χ1) is 11.3. The molecule has 0 radical (unpaired) electrons. The van der Waals surface area contributed by atoms with Crippen molar-refractivity contribution in [1.82, 2.24) is 0 Å². The number of carbonyl (C=O) groups excluding carboxylic acids is 1. The molecule has 0 atom stereocenters. The molecule has 0 spiro atoms. The Morgan fingerprint density at radius 3 is 2.58 bits per heavy atom. The summed E-state index contributed by atoms with van der Waals surface area (Å²) in [6, 6.07) is 9.19. The van der Waals surface area contributed by atoms with E-state index in [2.05, 4.69) is 4.74 Å². The molecule has 1 N–H and O–H groups in total.